The minimum Gasteiger partial charge on any atom is -0.369 e. The smallest absolute Gasteiger partial charge is 0.231 e. The molecule has 6 heterocycles. The molecule has 1 amide bonds. The second kappa shape index (κ2) is 7.67. The summed E-state index contributed by atoms with van der Waals surface area (Å²) in [7, 11) is 0. The Morgan fingerprint density at radius 2 is 2.03 bits per heavy atom. The summed E-state index contributed by atoms with van der Waals surface area (Å²) >= 11 is 1.95. The number of nitrogens with one attached hydrogen (secondary N) is 1. The monoisotopic (exact) mass is 462 g/mol. The molecule has 2 aliphatic rings. The molecule has 7 nitrogen and oxygen atoms in total. The lowest BCUT2D eigenvalue weighted by Gasteiger charge is -2.37. The van der Waals surface area contributed by atoms with Crippen LogP contribution >= 0.6 is 11.3 Å². The number of aryl methyl sites for hydroxylation is 1. The number of hydrogen-bond donors (Lipinski definition) is 2. The average molecular weight is 463 g/mol. The van der Waals surface area contributed by atoms with Gasteiger partial charge in [0.25, 0.3) is 0 Å². The first-order valence-corrected chi connectivity index (χ1v) is 12.7. The molecule has 2 unspecified atom stereocenters. The summed E-state index contributed by atoms with van der Waals surface area (Å²) in [6.45, 7) is 7.04. The number of primary amides is 1. The predicted molar refractivity (Wildman–Crippen MR) is 132 cm³/mol. The van der Waals surface area contributed by atoms with Crippen molar-refractivity contribution in [1.82, 2.24) is 24.5 Å². The first kappa shape index (κ1) is 20.9. The predicted octanol–water partition coefficient (Wildman–Crippen LogP) is 4.57. The van der Waals surface area contributed by atoms with Crippen LogP contribution in [0.1, 0.15) is 67.4 Å². The van der Waals surface area contributed by atoms with Crippen molar-refractivity contribution in [2.45, 2.75) is 70.4 Å². The Morgan fingerprint density at radius 3 is 2.73 bits per heavy atom. The van der Waals surface area contributed by atoms with Crippen LogP contribution in [0.3, 0.4) is 0 Å². The number of thiophene rings is 1. The van der Waals surface area contributed by atoms with Gasteiger partial charge in [0, 0.05) is 28.7 Å². The number of piperidine rings is 1. The lowest BCUT2D eigenvalue weighted by atomic mass is 9.89. The van der Waals surface area contributed by atoms with Crippen molar-refractivity contribution in [1.29, 1.82) is 0 Å². The first-order chi connectivity index (χ1) is 15.9. The maximum Gasteiger partial charge on any atom is 0.231 e. The van der Waals surface area contributed by atoms with E-state index in [4.69, 9.17) is 5.73 Å². The maximum atomic E-state index is 11.5. The van der Waals surface area contributed by atoms with Gasteiger partial charge in [-0.2, -0.15) is 5.10 Å². The van der Waals surface area contributed by atoms with Crippen LogP contribution in [0.25, 0.3) is 27.1 Å². The van der Waals surface area contributed by atoms with Crippen LogP contribution in [0.4, 0.5) is 0 Å². The molecule has 33 heavy (non-hydrogen) atoms. The van der Waals surface area contributed by atoms with Gasteiger partial charge in [0.15, 0.2) is 5.65 Å². The Labute approximate surface area is 197 Å². The summed E-state index contributed by atoms with van der Waals surface area (Å²) in [5, 5.41) is 4.36. The van der Waals surface area contributed by atoms with Crippen LogP contribution in [0.5, 0.6) is 0 Å². The number of aromatic nitrogens is 4. The topological polar surface area (TPSA) is 92.3 Å². The van der Waals surface area contributed by atoms with E-state index in [2.05, 4.69) is 59.1 Å². The zero-order valence-corrected chi connectivity index (χ0v) is 20.2. The molecule has 3 N–H and O–H groups in total. The van der Waals surface area contributed by atoms with Gasteiger partial charge >= 0.3 is 0 Å². The third kappa shape index (κ3) is 3.38. The van der Waals surface area contributed by atoms with E-state index < -0.39 is 0 Å². The van der Waals surface area contributed by atoms with Crippen LogP contribution in [0.15, 0.2) is 24.7 Å². The number of amides is 1. The van der Waals surface area contributed by atoms with Crippen LogP contribution in [0, 0.1) is 6.92 Å². The van der Waals surface area contributed by atoms with Gasteiger partial charge in [0.1, 0.15) is 6.33 Å². The summed E-state index contributed by atoms with van der Waals surface area (Å²) in [5.41, 5.74) is 12.5. The molecule has 4 aromatic heterocycles. The number of carbonyl (C=O) groups is 1. The summed E-state index contributed by atoms with van der Waals surface area (Å²) in [5.74, 6) is 0.762. The molecule has 2 saturated heterocycles. The van der Waals surface area contributed by atoms with Crippen LogP contribution in [0.2, 0.25) is 0 Å². The van der Waals surface area contributed by atoms with Gasteiger partial charge in [0.2, 0.25) is 5.91 Å². The molecular formula is C25H30N6OS. The summed E-state index contributed by atoms with van der Waals surface area (Å²) < 4.78 is 3.24. The quantitative estimate of drug-likeness (QED) is 0.454. The first-order valence-electron chi connectivity index (χ1n) is 11.9. The van der Waals surface area contributed by atoms with Gasteiger partial charge < -0.3 is 10.7 Å². The fourth-order valence-electron chi connectivity index (χ4n) is 6.17. The van der Waals surface area contributed by atoms with Crippen LogP contribution in [-0.4, -0.2) is 49.0 Å². The molecule has 172 valence electrons. The third-order valence-corrected chi connectivity index (χ3v) is 8.91. The van der Waals surface area contributed by atoms with Crippen molar-refractivity contribution in [2.24, 2.45) is 5.73 Å². The largest absolute Gasteiger partial charge is 0.369 e. The van der Waals surface area contributed by atoms with Crippen molar-refractivity contribution in [3.05, 3.63) is 40.7 Å². The third-order valence-electron chi connectivity index (χ3n) is 7.58. The fourth-order valence-corrected chi connectivity index (χ4v) is 7.61. The molecule has 0 saturated carbocycles. The lowest BCUT2D eigenvalue weighted by molar-refractivity contribution is -0.120. The second-order valence-corrected chi connectivity index (χ2v) is 11.2. The molecule has 0 aromatic carbocycles. The highest BCUT2D eigenvalue weighted by molar-refractivity contribution is 7.19. The summed E-state index contributed by atoms with van der Waals surface area (Å²) in [6.07, 6.45) is 8.30. The van der Waals surface area contributed by atoms with Crippen molar-refractivity contribution in [3.8, 4) is 11.3 Å². The molecule has 0 spiro atoms. The maximum absolute atomic E-state index is 11.5. The lowest BCUT2D eigenvalue weighted by Crippen LogP contribution is -2.46. The van der Waals surface area contributed by atoms with Gasteiger partial charge in [-0.15, -0.1) is 11.3 Å². The molecule has 2 aliphatic heterocycles. The van der Waals surface area contributed by atoms with E-state index in [9.17, 15) is 4.79 Å². The number of rotatable bonds is 5. The Balaban J connectivity index is 1.36. The number of carbonyl (C=O) groups excluding carboxylic acids is 1. The molecule has 8 heteroatoms. The van der Waals surface area contributed by atoms with E-state index in [0.29, 0.717) is 30.5 Å². The average Bonchev–Trinajstić information content (AvgIpc) is 3.49. The molecule has 6 rings (SSSR count). The number of nitrogens with zero attached hydrogens (tertiary/aromatic N) is 4. The van der Waals surface area contributed by atoms with E-state index in [-0.39, 0.29) is 5.91 Å². The zero-order valence-electron chi connectivity index (χ0n) is 19.3. The Bertz CT molecular complexity index is 1350. The molecule has 2 fully saturated rings. The van der Waals surface area contributed by atoms with Gasteiger partial charge in [-0.3, -0.25) is 9.69 Å². The molecule has 0 aliphatic carbocycles. The highest BCUT2D eigenvalue weighted by Crippen LogP contribution is 2.47. The van der Waals surface area contributed by atoms with E-state index >= 15 is 0 Å². The van der Waals surface area contributed by atoms with Crippen molar-refractivity contribution >= 4 is 33.1 Å². The molecule has 0 radical (unpaired) electrons. The minimum absolute atomic E-state index is 0.205. The zero-order chi connectivity index (χ0) is 22.9. The van der Waals surface area contributed by atoms with Crippen molar-refractivity contribution in [2.75, 3.05) is 6.54 Å². The highest BCUT2D eigenvalue weighted by Gasteiger charge is 2.42. The Kier molecular flexibility index (Phi) is 4.85. The van der Waals surface area contributed by atoms with Crippen molar-refractivity contribution in [3.63, 3.8) is 0 Å². The van der Waals surface area contributed by atoms with Gasteiger partial charge in [-0.05, 0) is 67.7 Å². The number of hydrogen-bond acceptors (Lipinski definition) is 5. The van der Waals surface area contributed by atoms with E-state index in [1.54, 1.807) is 6.33 Å². The van der Waals surface area contributed by atoms with Gasteiger partial charge in [0.05, 0.1) is 22.5 Å². The van der Waals surface area contributed by atoms with E-state index in [0.717, 1.165) is 29.6 Å². The fraction of sp³-hybridized carbons (Fsp3) is 0.480. The summed E-state index contributed by atoms with van der Waals surface area (Å²) in [6, 6.07) is 5.56. The molecular weight excluding hydrogens is 432 g/mol. The number of H-pyrrole nitrogens is 1. The van der Waals surface area contributed by atoms with Crippen LogP contribution in [-0.2, 0) is 4.79 Å². The van der Waals surface area contributed by atoms with E-state index in [1.807, 2.05) is 15.9 Å². The van der Waals surface area contributed by atoms with Crippen LogP contribution < -0.4 is 5.73 Å². The number of aromatic amines is 1. The summed E-state index contributed by atoms with van der Waals surface area (Å²) in [4.78, 5) is 23.5. The van der Waals surface area contributed by atoms with E-state index in [1.165, 1.54) is 39.2 Å². The Morgan fingerprint density at radius 1 is 1.27 bits per heavy atom. The number of pyridine rings is 1. The standard InChI is InChI=1S/C25H30N6OS/c1-13(2)22-23(16-6-14(3)25-27-12-28-31(25)10-16)29-19-9-20(33-24(19)22)15-7-17-4-5-18(8-15)30(17)11-21(26)32/h6,9-10,12-13,15,17-18,29H,4-5,7-8,11H2,1-3H3,(H2,26,32). The molecule has 2 atom stereocenters. The SMILES string of the molecule is Cc1cc(-c2[nH]c3cc(C4CC5CCC(C4)N5CC(N)=O)sc3c2C(C)C)cn2ncnc12. The van der Waals surface area contributed by atoms with Crippen molar-refractivity contribution < 1.29 is 4.79 Å². The molecule has 2 bridgehead atoms. The second-order valence-electron chi connectivity index (χ2n) is 10.1. The highest BCUT2D eigenvalue weighted by atomic mass is 32.1. The normalized spacial score (nSPS) is 23.3. The number of fused-ring (bicyclic) bond motifs is 4. The van der Waals surface area contributed by atoms with Gasteiger partial charge in [-0.1, -0.05) is 13.8 Å². The minimum atomic E-state index is -0.205. The molecule has 4 aromatic rings. The Hall–Kier alpha value is -2.71. The van der Waals surface area contributed by atoms with Gasteiger partial charge in [-0.25, -0.2) is 9.50 Å². The number of nitrogens with two attached hydrogens (primary N) is 1.